The van der Waals surface area contributed by atoms with Gasteiger partial charge in [0.15, 0.2) is 0 Å². The molecule has 4 unspecified atom stereocenters. The van der Waals surface area contributed by atoms with Crippen molar-refractivity contribution in [1.29, 1.82) is 0 Å². The van der Waals surface area contributed by atoms with E-state index in [0.717, 1.165) is 24.1 Å². The maximum Gasteiger partial charge on any atom is 0.233 e. The SMILES string of the molecule is CCC(N)c1nnc(C2CC3CCC2C3)o1. The predicted molar refractivity (Wildman–Crippen MR) is 59.7 cm³/mol. The lowest BCUT2D eigenvalue weighted by atomic mass is 9.89. The van der Waals surface area contributed by atoms with Crippen LogP contribution in [0.15, 0.2) is 4.42 Å². The van der Waals surface area contributed by atoms with Crippen molar-refractivity contribution >= 4 is 0 Å². The molecule has 1 aromatic rings. The highest BCUT2D eigenvalue weighted by atomic mass is 16.4. The van der Waals surface area contributed by atoms with E-state index in [0.29, 0.717) is 11.8 Å². The molecule has 2 bridgehead atoms. The summed E-state index contributed by atoms with van der Waals surface area (Å²) in [5.74, 6) is 3.66. The van der Waals surface area contributed by atoms with Gasteiger partial charge in [-0.25, -0.2) is 0 Å². The topological polar surface area (TPSA) is 64.9 Å². The second kappa shape index (κ2) is 3.84. The number of rotatable bonds is 3. The van der Waals surface area contributed by atoms with Crippen LogP contribution in [0.3, 0.4) is 0 Å². The first-order valence-electron chi connectivity index (χ1n) is 6.36. The van der Waals surface area contributed by atoms with Crippen LogP contribution in [0.4, 0.5) is 0 Å². The summed E-state index contributed by atoms with van der Waals surface area (Å²) in [5.41, 5.74) is 5.89. The number of nitrogens with zero attached hydrogens (tertiary/aromatic N) is 2. The highest BCUT2D eigenvalue weighted by Crippen LogP contribution is 2.52. The van der Waals surface area contributed by atoms with E-state index in [1.807, 2.05) is 6.92 Å². The molecule has 0 amide bonds. The molecule has 1 heterocycles. The van der Waals surface area contributed by atoms with Crippen molar-refractivity contribution in [3.8, 4) is 0 Å². The van der Waals surface area contributed by atoms with Gasteiger partial charge in [0.2, 0.25) is 11.8 Å². The van der Waals surface area contributed by atoms with Crippen LogP contribution in [0, 0.1) is 11.8 Å². The first kappa shape index (κ1) is 10.3. The van der Waals surface area contributed by atoms with Gasteiger partial charge in [0, 0.05) is 5.92 Å². The number of fused-ring (bicyclic) bond motifs is 2. The molecule has 0 saturated heterocycles. The summed E-state index contributed by atoms with van der Waals surface area (Å²) < 4.78 is 5.73. The third-order valence-electron chi connectivity index (χ3n) is 4.27. The Bertz CT molecular complexity index is 376. The highest BCUT2D eigenvalue weighted by Gasteiger charge is 2.42. The number of hydrogen-bond acceptors (Lipinski definition) is 4. The maximum absolute atomic E-state index is 5.89. The lowest BCUT2D eigenvalue weighted by Crippen LogP contribution is -2.09. The fourth-order valence-electron chi connectivity index (χ4n) is 3.27. The van der Waals surface area contributed by atoms with E-state index >= 15 is 0 Å². The second-order valence-corrected chi connectivity index (χ2v) is 5.27. The van der Waals surface area contributed by atoms with Crippen LogP contribution in [0.5, 0.6) is 0 Å². The summed E-state index contributed by atoms with van der Waals surface area (Å²) in [7, 11) is 0. The molecule has 0 spiro atoms. The first-order valence-corrected chi connectivity index (χ1v) is 6.36. The molecule has 2 N–H and O–H groups in total. The minimum Gasteiger partial charge on any atom is -0.423 e. The Balaban J connectivity index is 1.77. The molecule has 4 atom stereocenters. The largest absolute Gasteiger partial charge is 0.423 e. The summed E-state index contributed by atoms with van der Waals surface area (Å²) in [5, 5.41) is 8.26. The number of hydrogen-bond donors (Lipinski definition) is 1. The Labute approximate surface area is 95.6 Å². The Hall–Kier alpha value is -0.900. The van der Waals surface area contributed by atoms with Gasteiger partial charge in [0.1, 0.15) is 0 Å². The normalized spacial score (nSPS) is 34.5. The Kier molecular flexibility index (Phi) is 2.46. The molecule has 3 rings (SSSR count). The molecule has 0 radical (unpaired) electrons. The predicted octanol–water partition coefficient (Wildman–Crippen LogP) is 2.38. The van der Waals surface area contributed by atoms with Crippen LogP contribution >= 0.6 is 0 Å². The molecule has 2 saturated carbocycles. The average molecular weight is 221 g/mol. The van der Waals surface area contributed by atoms with Gasteiger partial charge in [-0.05, 0) is 37.5 Å². The summed E-state index contributed by atoms with van der Waals surface area (Å²) in [6.45, 7) is 2.03. The molecule has 4 heteroatoms. The van der Waals surface area contributed by atoms with Gasteiger partial charge >= 0.3 is 0 Å². The molecule has 16 heavy (non-hydrogen) atoms. The maximum atomic E-state index is 5.89. The second-order valence-electron chi connectivity index (χ2n) is 5.27. The fraction of sp³-hybridized carbons (Fsp3) is 0.833. The van der Waals surface area contributed by atoms with Crippen molar-refractivity contribution in [3.63, 3.8) is 0 Å². The highest BCUT2D eigenvalue weighted by molar-refractivity contribution is 5.04. The van der Waals surface area contributed by atoms with Crippen molar-refractivity contribution in [3.05, 3.63) is 11.8 Å². The smallest absolute Gasteiger partial charge is 0.233 e. The third kappa shape index (κ3) is 1.56. The fourth-order valence-corrected chi connectivity index (χ4v) is 3.27. The molecule has 88 valence electrons. The lowest BCUT2D eigenvalue weighted by Gasteiger charge is -2.17. The Morgan fingerprint density at radius 3 is 2.88 bits per heavy atom. The van der Waals surface area contributed by atoms with Crippen molar-refractivity contribution in [1.82, 2.24) is 10.2 Å². The summed E-state index contributed by atoms with van der Waals surface area (Å²) >= 11 is 0. The van der Waals surface area contributed by atoms with Crippen molar-refractivity contribution in [2.75, 3.05) is 0 Å². The van der Waals surface area contributed by atoms with Crippen molar-refractivity contribution < 1.29 is 4.42 Å². The van der Waals surface area contributed by atoms with Crippen molar-refractivity contribution in [2.45, 2.75) is 51.0 Å². The molecule has 0 aromatic carbocycles. The first-order chi connectivity index (χ1) is 7.78. The van der Waals surface area contributed by atoms with Crippen LogP contribution in [-0.2, 0) is 0 Å². The van der Waals surface area contributed by atoms with Gasteiger partial charge in [-0.1, -0.05) is 13.3 Å². The standard InChI is InChI=1S/C12H19N3O/c1-2-10(13)12-15-14-11(16-12)9-6-7-3-4-8(9)5-7/h7-10H,2-6,13H2,1H3. The molecule has 2 aliphatic carbocycles. The zero-order chi connectivity index (χ0) is 11.1. The quantitative estimate of drug-likeness (QED) is 0.851. The van der Waals surface area contributed by atoms with Crippen LogP contribution in [0.2, 0.25) is 0 Å². The molecule has 0 aliphatic heterocycles. The van der Waals surface area contributed by atoms with Gasteiger partial charge < -0.3 is 10.2 Å². The van der Waals surface area contributed by atoms with E-state index in [1.165, 1.54) is 25.7 Å². The third-order valence-corrected chi connectivity index (χ3v) is 4.27. The average Bonchev–Trinajstić information content (AvgIpc) is 3.02. The zero-order valence-electron chi connectivity index (χ0n) is 9.72. The van der Waals surface area contributed by atoms with Gasteiger partial charge in [0.05, 0.1) is 6.04 Å². The molecule has 4 nitrogen and oxygen atoms in total. The zero-order valence-corrected chi connectivity index (χ0v) is 9.72. The van der Waals surface area contributed by atoms with Gasteiger partial charge in [0.25, 0.3) is 0 Å². The van der Waals surface area contributed by atoms with Crippen LogP contribution in [0.25, 0.3) is 0 Å². The van der Waals surface area contributed by atoms with E-state index < -0.39 is 0 Å². The summed E-state index contributed by atoms with van der Waals surface area (Å²) in [6.07, 6.45) is 6.19. The van der Waals surface area contributed by atoms with Crippen LogP contribution in [0.1, 0.15) is 62.8 Å². The minimum atomic E-state index is -0.0974. The van der Waals surface area contributed by atoms with E-state index in [4.69, 9.17) is 10.2 Å². The monoisotopic (exact) mass is 221 g/mol. The molecule has 2 aliphatic rings. The van der Waals surface area contributed by atoms with E-state index in [-0.39, 0.29) is 6.04 Å². The number of aromatic nitrogens is 2. The van der Waals surface area contributed by atoms with E-state index in [2.05, 4.69) is 10.2 Å². The van der Waals surface area contributed by atoms with Crippen molar-refractivity contribution in [2.24, 2.45) is 17.6 Å². The van der Waals surface area contributed by atoms with E-state index in [1.54, 1.807) is 0 Å². The van der Waals surface area contributed by atoms with Crippen LogP contribution < -0.4 is 5.73 Å². The Morgan fingerprint density at radius 1 is 1.38 bits per heavy atom. The summed E-state index contributed by atoms with van der Waals surface area (Å²) in [4.78, 5) is 0. The molecular weight excluding hydrogens is 202 g/mol. The van der Waals surface area contributed by atoms with E-state index in [9.17, 15) is 0 Å². The molecule has 1 aromatic heterocycles. The number of nitrogens with two attached hydrogens (primary N) is 1. The molecular formula is C12H19N3O. The summed E-state index contributed by atoms with van der Waals surface area (Å²) in [6, 6.07) is -0.0974. The lowest BCUT2D eigenvalue weighted by molar-refractivity contribution is 0.326. The van der Waals surface area contributed by atoms with Gasteiger partial charge in [-0.2, -0.15) is 0 Å². The van der Waals surface area contributed by atoms with Crippen LogP contribution in [-0.4, -0.2) is 10.2 Å². The molecule has 2 fully saturated rings. The van der Waals surface area contributed by atoms with Gasteiger partial charge in [-0.15, -0.1) is 10.2 Å². The van der Waals surface area contributed by atoms with Gasteiger partial charge in [-0.3, -0.25) is 0 Å². The minimum absolute atomic E-state index is 0.0974. The Morgan fingerprint density at radius 2 is 2.25 bits per heavy atom.